The molecule has 0 amide bonds. The fraction of sp³-hybridized carbons (Fsp3) is 0.478. The Bertz CT molecular complexity index is 808. The maximum absolute atomic E-state index is 6.57. The number of piperidine rings is 1. The summed E-state index contributed by atoms with van der Waals surface area (Å²) < 4.78 is 11.5. The lowest BCUT2D eigenvalue weighted by Crippen LogP contribution is -2.29. The van der Waals surface area contributed by atoms with Crippen LogP contribution in [0.4, 0.5) is 11.4 Å². The second-order valence-electron chi connectivity index (χ2n) is 7.24. The fourth-order valence-corrected chi connectivity index (χ4v) is 4.03. The van der Waals surface area contributed by atoms with E-state index in [2.05, 4.69) is 29.3 Å². The van der Waals surface area contributed by atoms with Gasteiger partial charge in [-0.1, -0.05) is 30.1 Å². The minimum Gasteiger partial charge on any atom is -0.490 e. The van der Waals surface area contributed by atoms with Crippen molar-refractivity contribution in [2.75, 3.05) is 36.5 Å². The summed E-state index contributed by atoms with van der Waals surface area (Å²) in [5.74, 6) is 1.41. The number of ether oxygens (including phenoxy) is 2. The van der Waals surface area contributed by atoms with Gasteiger partial charge < -0.3 is 19.7 Å². The van der Waals surface area contributed by atoms with Crippen molar-refractivity contribution in [3.05, 3.63) is 45.9 Å². The first-order valence-corrected chi connectivity index (χ1v) is 11.2. The average Bonchev–Trinajstić information content (AvgIpc) is 2.73. The van der Waals surface area contributed by atoms with Gasteiger partial charge in [-0.15, -0.1) is 0 Å². The summed E-state index contributed by atoms with van der Waals surface area (Å²) in [5, 5.41) is 4.86. The average molecular weight is 437 g/mol. The molecule has 2 aromatic carbocycles. The van der Waals surface area contributed by atoms with Gasteiger partial charge in [0.15, 0.2) is 11.5 Å². The van der Waals surface area contributed by atoms with Crippen molar-refractivity contribution in [1.29, 1.82) is 0 Å². The normalized spacial score (nSPS) is 14.0. The molecular weight excluding hydrogens is 407 g/mol. The molecule has 0 unspecified atom stereocenters. The Balaban J connectivity index is 1.70. The first-order chi connectivity index (χ1) is 14.1. The highest BCUT2D eigenvalue weighted by Crippen LogP contribution is 2.35. The summed E-state index contributed by atoms with van der Waals surface area (Å²) >= 11 is 13.1. The molecule has 3 rings (SSSR count). The SMILES string of the molecule is CCCOc1cc(Cl)c(CNc2ccc(N3CCCCC3)c(Cl)c2)cc1OCC. The lowest BCUT2D eigenvalue weighted by atomic mass is 10.1. The number of hydrogen-bond donors (Lipinski definition) is 1. The van der Waals surface area contributed by atoms with Crippen LogP contribution in [0, 0.1) is 0 Å². The molecule has 0 saturated carbocycles. The number of anilines is 2. The van der Waals surface area contributed by atoms with E-state index in [4.69, 9.17) is 32.7 Å². The molecule has 1 N–H and O–H groups in total. The summed E-state index contributed by atoms with van der Waals surface area (Å²) in [7, 11) is 0. The summed E-state index contributed by atoms with van der Waals surface area (Å²) in [5.41, 5.74) is 3.04. The lowest BCUT2D eigenvalue weighted by Gasteiger charge is -2.29. The van der Waals surface area contributed by atoms with E-state index in [0.717, 1.165) is 47.2 Å². The van der Waals surface area contributed by atoms with Crippen LogP contribution in [0.3, 0.4) is 0 Å². The number of halogens is 2. The molecule has 0 bridgehead atoms. The summed E-state index contributed by atoms with van der Waals surface area (Å²) in [6, 6.07) is 9.96. The molecule has 4 nitrogen and oxygen atoms in total. The molecular formula is C23H30Cl2N2O2. The molecule has 1 saturated heterocycles. The molecule has 1 fully saturated rings. The molecule has 0 aromatic heterocycles. The highest BCUT2D eigenvalue weighted by atomic mass is 35.5. The first kappa shape index (κ1) is 21.9. The molecule has 6 heteroatoms. The molecule has 0 spiro atoms. The Morgan fingerprint density at radius 3 is 2.38 bits per heavy atom. The Morgan fingerprint density at radius 1 is 0.931 bits per heavy atom. The molecule has 2 aromatic rings. The van der Waals surface area contributed by atoms with Gasteiger partial charge in [-0.3, -0.25) is 0 Å². The minimum atomic E-state index is 0.574. The van der Waals surface area contributed by atoms with Crippen molar-refractivity contribution in [3.63, 3.8) is 0 Å². The second kappa shape index (κ2) is 10.8. The fourth-order valence-electron chi connectivity index (χ4n) is 3.51. The van der Waals surface area contributed by atoms with E-state index < -0.39 is 0 Å². The van der Waals surface area contributed by atoms with Gasteiger partial charge in [0.05, 0.1) is 23.9 Å². The summed E-state index contributed by atoms with van der Waals surface area (Å²) in [4.78, 5) is 2.37. The van der Waals surface area contributed by atoms with Crippen molar-refractivity contribution in [2.45, 2.75) is 46.1 Å². The Morgan fingerprint density at radius 2 is 1.69 bits per heavy atom. The number of hydrogen-bond acceptors (Lipinski definition) is 4. The van der Waals surface area contributed by atoms with Crippen LogP contribution in [0.2, 0.25) is 10.0 Å². The van der Waals surface area contributed by atoms with E-state index in [1.54, 1.807) is 0 Å². The molecule has 0 atom stereocenters. The number of nitrogens with zero attached hydrogens (tertiary/aromatic N) is 1. The zero-order chi connectivity index (χ0) is 20.6. The van der Waals surface area contributed by atoms with Gasteiger partial charge in [0, 0.05) is 36.4 Å². The maximum atomic E-state index is 6.57. The maximum Gasteiger partial charge on any atom is 0.162 e. The molecule has 1 aliphatic heterocycles. The third-order valence-electron chi connectivity index (χ3n) is 5.00. The van der Waals surface area contributed by atoms with Crippen molar-refractivity contribution in [3.8, 4) is 11.5 Å². The standard InChI is InChI=1S/C23H30Cl2N2O2/c1-3-12-29-23-15-19(24)17(13-22(23)28-4-2)16-26-18-8-9-21(20(25)14-18)27-10-6-5-7-11-27/h8-9,13-15,26H,3-7,10-12,16H2,1-2H3. The second-order valence-corrected chi connectivity index (χ2v) is 8.05. The highest BCUT2D eigenvalue weighted by Gasteiger charge is 2.15. The van der Waals surface area contributed by atoms with Crippen molar-refractivity contribution >= 4 is 34.6 Å². The monoisotopic (exact) mass is 436 g/mol. The zero-order valence-electron chi connectivity index (χ0n) is 17.3. The summed E-state index contributed by atoms with van der Waals surface area (Å²) in [6.07, 6.45) is 4.70. The van der Waals surface area contributed by atoms with Crippen LogP contribution < -0.4 is 19.7 Å². The van der Waals surface area contributed by atoms with Gasteiger partial charge in [-0.05, 0) is 62.4 Å². The molecule has 158 valence electrons. The molecule has 29 heavy (non-hydrogen) atoms. The third-order valence-corrected chi connectivity index (χ3v) is 5.66. The Labute approximate surface area is 184 Å². The van der Waals surface area contributed by atoms with E-state index in [1.807, 2.05) is 25.1 Å². The highest BCUT2D eigenvalue weighted by molar-refractivity contribution is 6.33. The minimum absolute atomic E-state index is 0.574. The number of benzene rings is 2. The van der Waals surface area contributed by atoms with Crippen LogP contribution >= 0.6 is 23.2 Å². The molecule has 0 radical (unpaired) electrons. The van der Waals surface area contributed by atoms with Crippen molar-refractivity contribution < 1.29 is 9.47 Å². The molecule has 1 aliphatic rings. The third kappa shape index (κ3) is 5.86. The first-order valence-electron chi connectivity index (χ1n) is 10.5. The van der Waals surface area contributed by atoms with Crippen LogP contribution in [-0.2, 0) is 6.54 Å². The van der Waals surface area contributed by atoms with E-state index >= 15 is 0 Å². The lowest BCUT2D eigenvalue weighted by molar-refractivity contribution is 0.276. The van der Waals surface area contributed by atoms with Crippen LogP contribution in [0.15, 0.2) is 30.3 Å². The molecule has 1 heterocycles. The number of rotatable bonds is 9. The van der Waals surface area contributed by atoms with Gasteiger partial charge in [0.25, 0.3) is 0 Å². The van der Waals surface area contributed by atoms with Crippen LogP contribution in [0.1, 0.15) is 45.1 Å². The van der Waals surface area contributed by atoms with Crippen LogP contribution in [-0.4, -0.2) is 26.3 Å². The Hall–Kier alpha value is -1.78. The van der Waals surface area contributed by atoms with Gasteiger partial charge in [0.1, 0.15) is 0 Å². The van der Waals surface area contributed by atoms with Gasteiger partial charge in [-0.2, -0.15) is 0 Å². The van der Waals surface area contributed by atoms with Crippen molar-refractivity contribution in [2.24, 2.45) is 0 Å². The summed E-state index contributed by atoms with van der Waals surface area (Å²) in [6.45, 7) is 7.97. The van der Waals surface area contributed by atoms with Crippen LogP contribution in [0.5, 0.6) is 11.5 Å². The van der Waals surface area contributed by atoms with E-state index in [0.29, 0.717) is 30.5 Å². The van der Waals surface area contributed by atoms with E-state index in [9.17, 15) is 0 Å². The van der Waals surface area contributed by atoms with Crippen molar-refractivity contribution in [1.82, 2.24) is 0 Å². The van der Waals surface area contributed by atoms with Gasteiger partial charge in [-0.25, -0.2) is 0 Å². The smallest absolute Gasteiger partial charge is 0.162 e. The largest absolute Gasteiger partial charge is 0.490 e. The predicted octanol–water partition coefficient (Wildman–Crippen LogP) is 6.78. The van der Waals surface area contributed by atoms with Gasteiger partial charge >= 0.3 is 0 Å². The predicted molar refractivity (Wildman–Crippen MR) is 123 cm³/mol. The van der Waals surface area contributed by atoms with E-state index in [1.165, 1.54) is 19.3 Å². The number of nitrogens with one attached hydrogen (secondary N) is 1. The zero-order valence-corrected chi connectivity index (χ0v) is 18.8. The Kier molecular flexibility index (Phi) is 8.19. The van der Waals surface area contributed by atoms with Gasteiger partial charge in [0.2, 0.25) is 0 Å². The van der Waals surface area contributed by atoms with E-state index in [-0.39, 0.29) is 0 Å². The quantitative estimate of drug-likeness (QED) is 0.469. The topological polar surface area (TPSA) is 33.7 Å². The van der Waals surface area contributed by atoms with Crippen LogP contribution in [0.25, 0.3) is 0 Å². The molecule has 0 aliphatic carbocycles.